The summed E-state index contributed by atoms with van der Waals surface area (Å²) in [5, 5.41) is 13.0. The molecule has 1 amide bonds. The molecule has 154 valence electrons. The molecule has 0 spiro atoms. The van der Waals surface area contributed by atoms with Crippen molar-refractivity contribution >= 4 is 28.6 Å². The van der Waals surface area contributed by atoms with Gasteiger partial charge < -0.3 is 9.73 Å². The van der Waals surface area contributed by atoms with Gasteiger partial charge in [0.1, 0.15) is 17.7 Å². The molecule has 2 heterocycles. The third kappa shape index (κ3) is 3.98. The zero-order chi connectivity index (χ0) is 21.1. The van der Waals surface area contributed by atoms with Crippen molar-refractivity contribution in [3.8, 4) is 5.69 Å². The van der Waals surface area contributed by atoms with Gasteiger partial charge in [-0.25, -0.2) is 0 Å². The number of benzene rings is 2. The number of hydrogen-bond acceptors (Lipinski definition) is 5. The lowest BCUT2D eigenvalue weighted by atomic mass is 10.1. The Kier molecular flexibility index (Phi) is 5.90. The first-order valence-electron chi connectivity index (χ1n) is 9.97. The number of hydrogen-bond donors (Lipinski definition) is 1. The number of thioether (sulfide) groups is 1. The van der Waals surface area contributed by atoms with Crippen LogP contribution in [0.4, 0.5) is 0 Å². The zero-order valence-corrected chi connectivity index (χ0v) is 18.1. The van der Waals surface area contributed by atoms with Crippen LogP contribution in [0, 0.1) is 6.92 Å². The van der Waals surface area contributed by atoms with Crippen LogP contribution in [0.5, 0.6) is 0 Å². The van der Waals surface area contributed by atoms with Gasteiger partial charge in [0, 0.05) is 10.9 Å². The number of carbonyl (C=O) groups is 1. The second-order valence-corrected chi connectivity index (χ2v) is 8.07. The highest BCUT2D eigenvalue weighted by Gasteiger charge is 2.19. The van der Waals surface area contributed by atoms with Crippen LogP contribution in [0.15, 0.2) is 64.4 Å². The van der Waals surface area contributed by atoms with E-state index in [2.05, 4.69) is 28.5 Å². The molecule has 1 N–H and O–H groups in total. The highest BCUT2D eigenvalue weighted by molar-refractivity contribution is 7.99. The van der Waals surface area contributed by atoms with Crippen molar-refractivity contribution in [1.82, 2.24) is 20.1 Å². The highest BCUT2D eigenvalue weighted by atomic mass is 32.2. The summed E-state index contributed by atoms with van der Waals surface area (Å²) >= 11 is 1.37. The molecule has 2 aromatic carbocycles. The first-order valence-corrected chi connectivity index (χ1v) is 11.0. The van der Waals surface area contributed by atoms with Gasteiger partial charge in [0.25, 0.3) is 0 Å². The van der Waals surface area contributed by atoms with Crippen molar-refractivity contribution in [1.29, 1.82) is 0 Å². The van der Waals surface area contributed by atoms with Crippen LogP contribution >= 0.6 is 11.8 Å². The van der Waals surface area contributed by atoms with Crippen LogP contribution in [-0.2, 0) is 11.2 Å². The lowest BCUT2D eigenvalue weighted by molar-refractivity contribution is -0.119. The van der Waals surface area contributed by atoms with Gasteiger partial charge in [0.05, 0.1) is 17.5 Å². The third-order valence-corrected chi connectivity index (χ3v) is 6.08. The molecule has 4 aromatic rings. The van der Waals surface area contributed by atoms with E-state index >= 15 is 0 Å². The van der Waals surface area contributed by atoms with Gasteiger partial charge in [-0.1, -0.05) is 55.1 Å². The van der Waals surface area contributed by atoms with Gasteiger partial charge >= 0.3 is 0 Å². The molecule has 0 aliphatic rings. The maximum Gasteiger partial charge on any atom is 0.231 e. The van der Waals surface area contributed by atoms with Gasteiger partial charge in [-0.2, -0.15) is 0 Å². The summed E-state index contributed by atoms with van der Waals surface area (Å²) in [6.07, 6.45) is 2.60. The molecule has 0 fully saturated rings. The molecule has 0 saturated carbocycles. The minimum absolute atomic E-state index is 0.0781. The number of para-hydroxylation sites is 2. The number of rotatable bonds is 7. The molecule has 0 bridgehead atoms. The third-order valence-electron chi connectivity index (χ3n) is 5.13. The minimum Gasteiger partial charge on any atom is -0.459 e. The molecule has 7 heteroatoms. The minimum atomic E-state index is -0.218. The summed E-state index contributed by atoms with van der Waals surface area (Å²) in [4.78, 5) is 12.6. The van der Waals surface area contributed by atoms with Gasteiger partial charge in [-0.3, -0.25) is 9.36 Å². The fourth-order valence-electron chi connectivity index (χ4n) is 3.62. The smallest absolute Gasteiger partial charge is 0.231 e. The Morgan fingerprint density at radius 2 is 1.97 bits per heavy atom. The van der Waals surface area contributed by atoms with Gasteiger partial charge in [-0.15, -0.1) is 10.2 Å². The maximum absolute atomic E-state index is 12.6. The number of nitrogens with one attached hydrogen (secondary N) is 1. The number of nitrogens with zero attached hydrogens (tertiary/aromatic N) is 3. The summed E-state index contributed by atoms with van der Waals surface area (Å²) in [5.41, 5.74) is 4.14. The molecule has 0 radical (unpaired) electrons. The summed E-state index contributed by atoms with van der Waals surface area (Å²) in [6.45, 7) is 6.07. The zero-order valence-electron chi connectivity index (χ0n) is 17.3. The monoisotopic (exact) mass is 420 g/mol. The van der Waals surface area contributed by atoms with Gasteiger partial charge in [0.2, 0.25) is 5.91 Å². The Hall–Kier alpha value is -3.06. The van der Waals surface area contributed by atoms with Crippen LogP contribution < -0.4 is 5.32 Å². The van der Waals surface area contributed by atoms with Crippen molar-refractivity contribution in [3.63, 3.8) is 0 Å². The van der Waals surface area contributed by atoms with Crippen LogP contribution in [0.25, 0.3) is 16.7 Å². The van der Waals surface area contributed by atoms with E-state index in [1.807, 2.05) is 60.9 Å². The van der Waals surface area contributed by atoms with E-state index in [1.54, 1.807) is 6.33 Å². The fourth-order valence-corrected chi connectivity index (χ4v) is 4.35. The number of amides is 1. The number of furan rings is 1. The molecule has 6 nitrogen and oxygen atoms in total. The van der Waals surface area contributed by atoms with Crippen LogP contribution in [-0.4, -0.2) is 26.4 Å². The second-order valence-electron chi connectivity index (χ2n) is 7.13. The van der Waals surface area contributed by atoms with E-state index in [-0.39, 0.29) is 17.7 Å². The highest BCUT2D eigenvalue weighted by Crippen LogP contribution is 2.29. The average Bonchev–Trinajstić information content (AvgIpc) is 3.37. The first kappa shape index (κ1) is 20.2. The van der Waals surface area contributed by atoms with E-state index in [0.717, 1.165) is 34.4 Å². The SMILES string of the molecule is CCc1ccccc1-n1cnnc1SCC(=O)NC(C)c1oc2ccccc2c1C. The normalized spacial score (nSPS) is 12.2. The Labute approximate surface area is 179 Å². The second kappa shape index (κ2) is 8.75. The van der Waals surface area contributed by atoms with Gasteiger partial charge in [0.15, 0.2) is 5.16 Å². The van der Waals surface area contributed by atoms with Gasteiger partial charge in [-0.05, 0) is 38.0 Å². The van der Waals surface area contributed by atoms with Crippen LogP contribution in [0.3, 0.4) is 0 Å². The molecule has 1 unspecified atom stereocenters. The number of aryl methyl sites for hydroxylation is 2. The van der Waals surface area contributed by atoms with Crippen molar-refractivity contribution in [2.24, 2.45) is 0 Å². The molecule has 2 aromatic heterocycles. The summed E-state index contributed by atoms with van der Waals surface area (Å²) in [7, 11) is 0. The Morgan fingerprint density at radius 3 is 2.77 bits per heavy atom. The molecular weight excluding hydrogens is 396 g/mol. The standard InChI is InChI=1S/C23H24N4O2S/c1-4-17-9-5-7-11-19(17)27-14-24-26-23(27)30-13-21(28)25-16(3)22-15(2)18-10-6-8-12-20(18)29-22/h5-12,14,16H,4,13H2,1-3H3,(H,25,28). The summed E-state index contributed by atoms with van der Waals surface area (Å²) in [5.74, 6) is 0.955. The van der Waals surface area contributed by atoms with Crippen LogP contribution in [0.1, 0.15) is 36.8 Å². The number of fused-ring (bicyclic) bond motifs is 1. The van der Waals surface area contributed by atoms with E-state index in [4.69, 9.17) is 4.42 Å². The van der Waals surface area contributed by atoms with E-state index in [9.17, 15) is 4.79 Å². The average molecular weight is 421 g/mol. The van der Waals surface area contributed by atoms with Crippen LogP contribution in [0.2, 0.25) is 0 Å². The lowest BCUT2D eigenvalue weighted by Gasteiger charge is -2.13. The molecular formula is C23H24N4O2S. The van der Waals surface area contributed by atoms with E-state index in [0.29, 0.717) is 5.16 Å². The molecule has 0 aliphatic carbocycles. The van der Waals surface area contributed by atoms with E-state index in [1.165, 1.54) is 17.3 Å². The van der Waals surface area contributed by atoms with Crippen molar-refractivity contribution in [2.45, 2.75) is 38.4 Å². The Morgan fingerprint density at radius 1 is 1.20 bits per heavy atom. The molecule has 30 heavy (non-hydrogen) atoms. The number of carbonyl (C=O) groups excluding carboxylic acids is 1. The predicted octanol–water partition coefficient (Wildman–Crippen LogP) is 4.85. The predicted molar refractivity (Wildman–Crippen MR) is 119 cm³/mol. The lowest BCUT2D eigenvalue weighted by Crippen LogP contribution is -2.28. The summed E-state index contributed by atoms with van der Waals surface area (Å²) in [6, 6.07) is 15.8. The first-order chi connectivity index (χ1) is 14.6. The molecule has 0 aliphatic heterocycles. The van der Waals surface area contributed by atoms with E-state index < -0.39 is 0 Å². The molecule has 4 rings (SSSR count). The van der Waals surface area contributed by atoms with Crippen molar-refractivity contribution in [3.05, 3.63) is 71.7 Å². The topological polar surface area (TPSA) is 73.0 Å². The summed E-state index contributed by atoms with van der Waals surface area (Å²) < 4.78 is 7.90. The van der Waals surface area contributed by atoms with Crippen molar-refractivity contribution < 1.29 is 9.21 Å². The molecule has 1 atom stereocenters. The largest absolute Gasteiger partial charge is 0.459 e. The van der Waals surface area contributed by atoms with Crippen molar-refractivity contribution in [2.75, 3.05) is 5.75 Å². The maximum atomic E-state index is 12.6. The molecule has 0 saturated heterocycles. The Balaban J connectivity index is 1.43. The number of aromatic nitrogens is 3. The fraction of sp³-hybridized carbons (Fsp3) is 0.261. The Bertz CT molecular complexity index is 1180. The quantitative estimate of drug-likeness (QED) is 0.433.